The van der Waals surface area contributed by atoms with Crippen molar-refractivity contribution >= 4 is 39.0 Å². The van der Waals surface area contributed by atoms with Gasteiger partial charge < -0.3 is 5.11 Å². The van der Waals surface area contributed by atoms with Crippen molar-refractivity contribution in [2.75, 3.05) is 0 Å². The van der Waals surface area contributed by atoms with Gasteiger partial charge in [-0.1, -0.05) is 11.6 Å². The third-order valence-corrected chi connectivity index (χ3v) is 3.60. The molecule has 0 aliphatic carbocycles. The number of alkyl halides is 3. The van der Waals surface area contributed by atoms with Gasteiger partial charge in [0.25, 0.3) is 0 Å². The summed E-state index contributed by atoms with van der Waals surface area (Å²) in [7, 11) is -4.05. The fraction of sp³-hybridized carbons (Fsp3) is 0.167. The van der Waals surface area contributed by atoms with Crippen LogP contribution >= 0.6 is 22.9 Å². The number of thiophene rings is 1. The molecule has 0 aliphatic rings. The molecule has 0 bridgehead atoms. The first-order chi connectivity index (χ1) is 7.44. The van der Waals surface area contributed by atoms with Gasteiger partial charge in [-0.3, -0.25) is 4.55 Å². The van der Waals surface area contributed by atoms with Gasteiger partial charge in [0.15, 0.2) is 0 Å². The van der Waals surface area contributed by atoms with Gasteiger partial charge in [-0.2, -0.15) is 21.6 Å². The summed E-state index contributed by atoms with van der Waals surface area (Å²) in [5.74, 6) is -2.76. The summed E-state index contributed by atoms with van der Waals surface area (Å²) in [6, 6.07) is 2.66. The third-order valence-electron chi connectivity index (χ3n) is 1.05. The minimum absolute atomic E-state index is 0.127. The van der Waals surface area contributed by atoms with E-state index in [0.717, 1.165) is 11.3 Å². The first-order valence-electron chi connectivity index (χ1n) is 3.47. The Bertz CT molecular complexity index is 492. The number of carboxylic acid groups (broad SMARTS) is 1. The monoisotopic (exact) mass is 312 g/mol. The smallest absolute Gasteiger partial charge is 0.475 e. The van der Waals surface area contributed by atoms with Crippen LogP contribution in [0.15, 0.2) is 16.3 Å². The zero-order chi connectivity index (χ0) is 13.9. The summed E-state index contributed by atoms with van der Waals surface area (Å²) >= 11 is 6.23. The SMILES string of the molecule is O=C(O)C(F)(F)F.O=S(=O)(O)c1ccc(Cl)s1. The van der Waals surface area contributed by atoms with E-state index in [4.69, 9.17) is 26.1 Å². The molecule has 0 atom stereocenters. The van der Waals surface area contributed by atoms with Crippen LogP contribution in [0, 0.1) is 0 Å². The molecular formula is C6H4ClF3O5S2. The fourth-order valence-electron chi connectivity index (χ4n) is 0.436. The average molecular weight is 313 g/mol. The van der Waals surface area contributed by atoms with Crippen LogP contribution in [0.25, 0.3) is 0 Å². The van der Waals surface area contributed by atoms with E-state index >= 15 is 0 Å². The van der Waals surface area contributed by atoms with Crippen LogP contribution in [0.4, 0.5) is 13.2 Å². The lowest BCUT2D eigenvalue weighted by molar-refractivity contribution is -0.192. The summed E-state index contributed by atoms with van der Waals surface area (Å²) in [5, 5.41) is 7.12. The maximum absolute atomic E-state index is 10.6. The molecule has 0 aliphatic heterocycles. The van der Waals surface area contributed by atoms with E-state index in [-0.39, 0.29) is 4.21 Å². The second-order valence-electron chi connectivity index (χ2n) is 2.34. The molecule has 0 amide bonds. The van der Waals surface area contributed by atoms with Gasteiger partial charge in [-0.05, 0) is 12.1 Å². The van der Waals surface area contributed by atoms with E-state index in [2.05, 4.69) is 0 Å². The number of hydrogen-bond donors (Lipinski definition) is 2. The Morgan fingerprint density at radius 2 is 1.76 bits per heavy atom. The molecule has 0 spiro atoms. The zero-order valence-electron chi connectivity index (χ0n) is 7.60. The van der Waals surface area contributed by atoms with E-state index in [1.165, 1.54) is 12.1 Å². The zero-order valence-corrected chi connectivity index (χ0v) is 9.99. The molecule has 0 saturated carbocycles. The molecular weight excluding hydrogens is 309 g/mol. The van der Waals surface area contributed by atoms with Crippen LogP contribution in [0.3, 0.4) is 0 Å². The van der Waals surface area contributed by atoms with Crippen LogP contribution in [0.5, 0.6) is 0 Å². The van der Waals surface area contributed by atoms with Gasteiger partial charge in [0, 0.05) is 0 Å². The molecule has 0 unspecified atom stereocenters. The minimum Gasteiger partial charge on any atom is -0.475 e. The highest BCUT2D eigenvalue weighted by Crippen LogP contribution is 2.24. The Kier molecular flexibility index (Phi) is 5.39. The number of aliphatic carboxylic acids is 1. The average Bonchev–Trinajstić information content (AvgIpc) is 2.50. The predicted octanol–water partition coefficient (Wildman–Crippen LogP) is 2.28. The second kappa shape index (κ2) is 5.67. The molecule has 17 heavy (non-hydrogen) atoms. The van der Waals surface area contributed by atoms with Crippen molar-refractivity contribution in [2.45, 2.75) is 10.4 Å². The van der Waals surface area contributed by atoms with Crippen LogP contribution in [-0.4, -0.2) is 30.2 Å². The molecule has 5 nitrogen and oxygen atoms in total. The lowest BCUT2D eigenvalue weighted by Crippen LogP contribution is -2.21. The van der Waals surface area contributed by atoms with Gasteiger partial charge >= 0.3 is 22.3 Å². The van der Waals surface area contributed by atoms with Gasteiger partial charge in [0.05, 0.1) is 4.34 Å². The first kappa shape index (κ1) is 16.2. The Morgan fingerprint density at radius 3 is 1.88 bits per heavy atom. The summed E-state index contributed by atoms with van der Waals surface area (Å²) in [5.41, 5.74) is 0. The van der Waals surface area contributed by atoms with E-state index < -0.39 is 22.3 Å². The van der Waals surface area contributed by atoms with Crippen molar-refractivity contribution in [3.05, 3.63) is 16.5 Å². The van der Waals surface area contributed by atoms with Crippen LogP contribution in [0.1, 0.15) is 0 Å². The van der Waals surface area contributed by atoms with Crippen LogP contribution < -0.4 is 0 Å². The topological polar surface area (TPSA) is 91.7 Å². The third kappa shape index (κ3) is 6.46. The van der Waals surface area contributed by atoms with Crippen LogP contribution in [0.2, 0.25) is 4.34 Å². The minimum atomic E-state index is -5.08. The van der Waals surface area contributed by atoms with Crippen molar-refractivity contribution in [1.29, 1.82) is 0 Å². The highest BCUT2D eigenvalue weighted by molar-refractivity contribution is 7.88. The quantitative estimate of drug-likeness (QED) is 0.776. The predicted molar refractivity (Wildman–Crippen MR) is 52.8 cm³/mol. The standard InChI is InChI=1S/C4H3ClO3S2.C2HF3O2/c5-3-1-2-4(9-3)10(6,7)8;3-2(4,5)1(6)7/h1-2H,(H,6,7,8);(H,6,7). The highest BCUT2D eigenvalue weighted by atomic mass is 35.5. The van der Waals surface area contributed by atoms with E-state index in [0.29, 0.717) is 4.34 Å². The van der Waals surface area contributed by atoms with Gasteiger partial charge in [0.1, 0.15) is 4.21 Å². The Labute approximate surface area is 102 Å². The second-order valence-corrected chi connectivity index (χ2v) is 5.70. The van der Waals surface area contributed by atoms with Gasteiger partial charge in [0.2, 0.25) is 0 Å². The van der Waals surface area contributed by atoms with Crippen molar-refractivity contribution < 1.29 is 36.0 Å². The Hall–Kier alpha value is -0.840. The lowest BCUT2D eigenvalue weighted by atomic mass is 10.7. The Balaban J connectivity index is 0.000000325. The molecule has 0 aromatic carbocycles. The summed E-state index contributed by atoms with van der Waals surface area (Å²) < 4.78 is 61.1. The molecule has 11 heteroatoms. The maximum atomic E-state index is 10.6. The molecule has 0 radical (unpaired) electrons. The maximum Gasteiger partial charge on any atom is 0.490 e. The molecule has 1 aromatic heterocycles. The van der Waals surface area contributed by atoms with Crippen LogP contribution in [-0.2, 0) is 14.9 Å². The number of rotatable bonds is 1. The van der Waals surface area contributed by atoms with Gasteiger partial charge in [-0.15, -0.1) is 11.3 Å². The molecule has 0 saturated heterocycles. The lowest BCUT2D eigenvalue weighted by Gasteiger charge is -1.93. The Morgan fingerprint density at radius 1 is 1.35 bits per heavy atom. The van der Waals surface area contributed by atoms with E-state index in [1.54, 1.807) is 0 Å². The molecule has 1 rings (SSSR count). The molecule has 1 aromatic rings. The largest absolute Gasteiger partial charge is 0.490 e. The molecule has 1 heterocycles. The van der Waals surface area contributed by atoms with Gasteiger partial charge in [-0.25, -0.2) is 4.79 Å². The number of carboxylic acids is 1. The summed E-state index contributed by atoms with van der Waals surface area (Å²) in [6.07, 6.45) is -5.08. The van der Waals surface area contributed by atoms with Crippen molar-refractivity contribution in [3.8, 4) is 0 Å². The van der Waals surface area contributed by atoms with Crippen molar-refractivity contribution in [2.24, 2.45) is 0 Å². The summed E-state index contributed by atoms with van der Waals surface area (Å²) in [6.45, 7) is 0. The first-order valence-corrected chi connectivity index (χ1v) is 6.11. The summed E-state index contributed by atoms with van der Waals surface area (Å²) in [4.78, 5) is 8.90. The highest BCUT2D eigenvalue weighted by Gasteiger charge is 2.38. The molecule has 0 fully saturated rings. The molecule has 98 valence electrons. The van der Waals surface area contributed by atoms with E-state index in [1.807, 2.05) is 0 Å². The number of halogens is 4. The number of carbonyl (C=O) groups is 1. The molecule has 2 N–H and O–H groups in total. The fourth-order valence-corrected chi connectivity index (χ4v) is 2.28. The normalized spacial score (nSPS) is 11.6. The number of hydrogen-bond acceptors (Lipinski definition) is 4. The van der Waals surface area contributed by atoms with Crippen molar-refractivity contribution in [3.63, 3.8) is 0 Å². The van der Waals surface area contributed by atoms with E-state index in [9.17, 15) is 21.6 Å². The van der Waals surface area contributed by atoms with Crippen molar-refractivity contribution in [1.82, 2.24) is 0 Å².